The summed E-state index contributed by atoms with van der Waals surface area (Å²) < 4.78 is 11.6. The molecular formula is C36H39N5O5. The molecule has 2 aliphatic heterocycles. The third kappa shape index (κ3) is 5.67. The maximum Gasteiger partial charge on any atom is 0.272 e. The van der Waals surface area contributed by atoms with Crippen molar-refractivity contribution in [3.8, 4) is 0 Å². The summed E-state index contributed by atoms with van der Waals surface area (Å²) in [7, 11) is 0. The number of H-pyrrole nitrogens is 1. The van der Waals surface area contributed by atoms with Gasteiger partial charge in [-0.3, -0.25) is 14.4 Å². The van der Waals surface area contributed by atoms with Crippen molar-refractivity contribution in [3.63, 3.8) is 0 Å². The minimum Gasteiger partial charge on any atom is -0.377 e. The minimum atomic E-state index is -0.447. The van der Waals surface area contributed by atoms with Crippen LogP contribution in [0.25, 0.3) is 10.8 Å². The number of benzene rings is 3. The predicted molar refractivity (Wildman–Crippen MR) is 175 cm³/mol. The molecule has 3 aromatic carbocycles. The zero-order chi connectivity index (χ0) is 31.8. The zero-order valence-corrected chi connectivity index (χ0v) is 26.2. The number of aromatic amines is 1. The number of aromatic nitrogens is 2. The minimum absolute atomic E-state index is 0.0529. The predicted octanol–water partition coefficient (Wildman–Crippen LogP) is 4.99. The van der Waals surface area contributed by atoms with Crippen LogP contribution in [0.3, 0.4) is 0 Å². The second-order valence-electron chi connectivity index (χ2n) is 12.2. The first-order valence-corrected chi connectivity index (χ1v) is 16.3. The molecule has 2 amide bonds. The Labute approximate surface area is 267 Å². The van der Waals surface area contributed by atoms with Crippen LogP contribution >= 0.6 is 0 Å². The quantitative estimate of drug-likeness (QED) is 0.253. The number of carbonyl (C=O) groups excluding carboxylic acids is 2. The lowest BCUT2D eigenvalue weighted by atomic mass is 9.79. The van der Waals surface area contributed by atoms with Crippen molar-refractivity contribution in [3.05, 3.63) is 105 Å². The largest absolute Gasteiger partial charge is 0.377 e. The fourth-order valence-electron chi connectivity index (χ4n) is 6.79. The highest BCUT2D eigenvalue weighted by atomic mass is 16.7. The Morgan fingerprint density at radius 1 is 0.891 bits per heavy atom. The average molecular weight is 622 g/mol. The van der Waals surface area contributed by atoms with Gasteiger partial charge >= 0.3 is 0 Å². The number of anilines is 1. The maximum absolute atomic E-state index is 13.8. The highest BCUT2D eigenvalue weighted by Gasteiger charge is 2.37. The highest BCUT2D eigenvalue weighted by molar-refractivity contribution is 5.98. The summed E-state index contributed by atoms with van der Waals surface area (Å²) >= 11 is 0. The van der Waals surface area contributed by atoms with Gasteiger partial charge < -0.3 is 24.6 Å². The lowest BCUT2D eigenvalue weighted by molar-refractivity contribution is -0.140. The van der Waals surface area contributed by atoms with Crippen molar-refractivity contribution >= 4 is 28.3 Å². The van der Waals surface area contributed by atoms with Crippen molar-refractivity contribution < 1.29 is 19.1 Å². The van der Waals surface area contributed by atoms with E-state index >= 15 is 0 Å². The van der Waals surface area contributed by atoms with Crippen molar-refractivity contribution in [2.45, 2.75) is 44.9 Å². The molecule has 1 aliphatic carbocycles. The van der Waals surface area contributed by atoms with E-state index in [1.54, 1.807) is 0 Å². The van der Waals surface area contributed by atoms with Gasteiger partial charge in [-0.05, 0) is 62.1 Å². The van der Waals surface area contributed by atoms with Crippen LogP contribution in [-0.2, 0) is 14.3 Å². The Morgan fingerprint density at radius 3 is 2.28 bits per heavy atom. The van der Waals surface area contributed by atoms with Crippen LogP contribution in [0, 0.1) is 5.92 Å². The first kappa shape index (κ1) is 30.1. The van der Waals surface area contributed by atoms with Crippen LogP contribution in [-0.4, -0.2) is 71.2 Å². The van der Waals surface area contributed by atoms with Gasteiger partial charge in [0.15, 0.2) is 6.29 Å². The van der Waals surface area contributed by atoms with Gasteiger partial charge in [0.25, 0.3) is 11.5 Å². The summed E-state index contributed by atoms with van der Waals surface area (Å²) in [5.41, 5.74) is 4.78. The number of carbonyl (C=O) groups is 2. The van der Waals surface area contributed by atoms with Crippen LogP contribution < -0.4 is 10.9 Å². The van der Waals surface area contributed by atoms with Crippen molar-refractivity contribution in [1.82, 2.24) is 20.0 Å². The molecule has 0 radical (unpaired) electrons. The van der Waals surface area contributed by atoms with Crippen LogP contribution in [0.4, 0.5) is 5.69 Å². The third-order valence-corrected chi connectivity index (χ3v) is 9.28. The molecule has 4 aromatic rings. The molecule has 1 aromatic heterocycles. The molecule has 0 spiro atoms. The second kappa shape index (κ2) is 12.7. The molecule has 2 atom stereocenters. The number of nitrogens with zero attached hydrogens (tertiary/aromatic N) is 3. The van der Waals surface area contributed by atoms with E-state index in [4.69, 9.17) is 9.47 Å². The summed E-state index contributed by atoms with van der Waals surface area (Å²) in [6.45, 7) is 7.12. The van der Waals surface area contributed by atoms with Gasteiger partial charge in [-0.25, -0.2) is 5.10 Å². The average Bonchev–Trinajstić information content (AvgIpc) is 3.95. The molecule has 3 aliphatic rings. The van der Waals surface area contributed by atoms with Crippen LogP contribution in [0.15, 0.2) is 71.5 Å². The van der Waals surface area contributed by atoms with Gasteiger partial charge in [-0.2, -0.15) is 5.10 Å². The summed E-state index contributed by atoms with van der Waals surface area (Å²) in [6.07, 6.45) is 1.51. The Morgan fingerprint density at radius 2 is 1.59 bits per heavy atom. The van der Waals surface area contributed by atoms with Gasteiger partial charge in [0, 0.05) is 67.5 Å². The Bertz CT molecular complexity index is 1800. The van der Waals surface area contributed by atoms with Crippen LogP contribution in [0.5, 0.6) is 0 Å². The summed E-state index contributed by atoms with van der Waals surface area (Å²) in [5, 5.41) is 12.4. The van der Waals surface area contributed by atoms with Gasteiger partial charge in [0.1, 0.15) is 0 Å². The molecule has 0 bridgehead atoms. The number of ether oxygens (including phenoxy) is 2. The molecular weight excluding hydrogens is 582 g/mol. The first-order valence-electron chi connectivity index (χ1n) is 16.3. The van der Waals surface area contributed by atoms with E-state index in [1.165, 1.54) is 0 Å². The lowest BCUT2D eigenvalue weighted by Crippen LogP contribution is -2.51. The van der Waals surface area contributed by atoms with Crippen LogP contribution in [0.1, 0.15) is 77.7 Å². The molecule has 10 nitrogen and oxygen atoms in total. The fraction of sp³-hybridized carbons (Fsp3) is 0.389. The molecule has 1 saturated carbocycles. The molecule has 2 fully saturated rings. The van der Waals surface area contributed by atoms with E-state index in [9.17, 15) is 14.4 Å². The van der Waals surface area contributed by atoms with E-state index in [1.807, 2.05) is 78.2 Å². The summed E-state index contributed by atoms with van der Waals surface area (Å²) in [6, 6.07) is 21.3. The van der Waals surface area contributed by atoms with Crippen LogP contribution in [0.2, 0.25) is 0 Å². The van der Waals surface area contributed by atoms with Gasteiger partial charge in [-0.1, -0.05) is 42.5 Å². The Kier molecular flexibility index (Phi) is 8.31. The van der Waals surface area contributed by atoms with Gasteiger partial charge in [0.2, 0.25) is 5.91 Å². The number of nitrogens with one attached hydrogen (secondary N) is 2. The van der Waals surface area contributed by atoms with Gasteiger partial charge in [-0.15, -0.1) is 0 Å². The number of hydrogen-bond acceptors (Lipinski definition) is 7. The number of hydrogen-bond donors (Lipinski definition) is 2. The van der Waals surface area contributed by atoms with Gasteiger partial charge in [0.05, 0.1) is 23.0 Å². The monoisotopic (exact) mass is 621 g/mol. The third-order valence-electron chi connectivity index (χ3n) is 9.28. The van der Waals surface area contributed by atoms with Crippen molar-refractivity contribution in [1.29, 1.82) is 0 Å². The number of piperazine rings is 1. The van der Waals surface area contributed by atoms with E-state index in [0.717, 1.165) is 46.3 Å². The van der Waals surface area contributed by atoms with Crippen molar-refractivity contribution in [2.75, 3.05) is 44.7 Å². The Hall–Kier alpha value is -4.54. The molecule has 46 heavy (non-hydrogen) atoms. The molecule has 10 heteroatoms. The molecule has 7 rings (SSSR count). The van der Waals surface area contributed by atoms with E-state index in [0.29, 0.717) is 50.3 Å². The first-order chi connectivity index (χ1) is 22.5. The van der Waals surface area contributed by atoms with E-state index in [2.05, 4.69) is 27.6 Å². The number of rotatable bonds is 9. The Balaban J connectivity index is 1.23. The highest BCUT2D eigenvalue weighted by Crippen LogP contribution is 2.46. The smallest absolute Gasteiger partial charge is 0.272 e. The fourth-order valence-corrected chi connectivity index (χ4v) is 6.79. The summed E-state index contributed by atoms with van der Waals surface area (Å²) in [5.74, 6) is 0.0451. The number of amides is 2. The molecule has 3 heterocycles. The standard InChI is InChI=1S/C36H39N5O5/c1-3-45-36(46-4-2)24-15-11-22(12-16-24)31-29(32-30-27(33(42)39-38-32)9-6-10-28(30)37-31)25-7-5-8-26(21-25)35(44)41-19-17-40(18-20-41)34(43)23-13-14-23/h5-12,15-16,21,23,29,31,36-37H,3-4,13-14,17-20H2,1-2H3,(H,39,42). The van der Waals surface area contributed by atoms with Crippen molar-refractivity contribution in [2.24, 2.45) is 5.92 Å². The maximum atomic E-state index is 13.8. The zero-order valence-electron chi connectivity index (χ0n) is 26.2. The molecule has 238 valence electrons. The SMILES string of the molecule is CCOC(OCC)c1ccc(C2Nc3cccc4c(=O)[nH]nc(c34)C2c2cccc(C(=O)N3CCN(C(=O)C4CC4)CC3)c2)cc1. The van der Waals surface area contributed by atoms with E-state index in [-0.39, 0.29) is 35.3 Å². The molecule has 1 saturated heterocycles. The van der Waals surface area contributed by atoms with E-state index < -0.39 is 6.29 Å². The second-order valence-corrected chi connectivity index (χ2v) is 12.2. The lowest BCUT2D eigenvalue weighted by Gasteiger charge is -2.36. The normalized spacial score (nSPS) is 19.4. The summed E-state index contributed by atoms with van der Waals surface area (Å²) in [4.78, 5) is 42.9. The molecule has 2 N–H and O–H groups in total. The molecule has 2 unspecified atom stereocenters. The topological polar surface area (TPSA) is 117 Å².